The summed E-state index contributed by atoms with van der Waals surface area (Å²) in [6, 6.07) is 0. The number of hydrogen-bond acceptors (Lipinski definition) is 4. The summed E-state index contributed by atoms with van der Waals surface area (Å²) in [4.78, 5) is 0. The van der Waals surface area contributed by atoms with E-state index in [1.807, 2.05) is 6.92 Å². The second kappa shape index (κ2) is 5.06. The molecule has 0 aliphatic heterocycles. The first-order valence-corrected chi connectivity index (χ1v) is 9.53. The van der Waals surface area contributed by atoms with Crippen molar-refractivity contribution in [2.24, 2.45) is 34.0 Å². The van der Waals surface area contributed by atoms with E-state index < -0.39 is 23.7 Å². The van der Waals surface area contributed by atoms with Gasteiger partial charge in [-0.1, -0.05) is 26.0 Å². The molecule has 4 aliphatic carbocycles. The Bertz CT molecular complexity index is 562. The minimum Gasteiger partial charge on any atom is -0.396 e. The van der Waals surface area contributed by atoms with Crippen molar-refractivity contribution in [2.75, 3.05) is 6.61 Å². The van der Waals surface area contributed by atoms with Crippen LogP contribution in [0.25, 0.3) is 0 Å². The van der Waals surface area contributed by atoms with Crippen LogP contribution in [0.4, 0.5) is 0 Å². The highest BCUT2D eigenvalue weighted by atomic mass is 16.3. The van der Waals surface area contributed by atoms with Crippen molar-refractivity contribution >= 4 is 0 Å². The van der Waals surface area contributed by atoms with E-state index in [1.54, 1.807) is 0 Å². The molecule has 4 heteroatoms. The lowest BCUT2D eigenvalue weighted by Gasteiger charge is -2.67. The maximum absolute atomic E-state index is 11.2. The lowest BCUT2D eigenvalue weighted by atomic mass is 9.39. The van der Waals surface area contributed by atoms with Crippen LogP contribution in [0.15, 0.2) is 12.2 Å². The number of aliphatic hydroxyl groups is 4. The molecule has 0 amide bonds. The predicted octanol–water partition coefficient (Wildman–Crippen LogP) is 1.86. The molecule has 4 N–H and O–H groups in total. The Balaban J connectivity index is 1.83. The summed E-state index contributed by atoms with van der Waals surface area (Å²) >= 11 is 0. The van der Waals surface area contributed by atoms with E-state index in [0.717, 1.165) is 25.7 Å². The van der Waals surface area contributed by atoms with Crippen molar-refractivity contribution in [3.05, 3.63) is 12.2 Å². The predicted molar refractivity (Wildman–Crippen MR) is 91.1 cm³/mol. The van der Waals surface area contributed by atoms with Crippen molar-refractivity contribution in [3.8, 4) is 0 Å². The van der Waals surface area contributed by atoms with E-state index in [1.165, 1.54) is 5.57 Å². The Labute approximate surface area is 144 Å². The maximum atomic E-state index is 11.2. The molecule has 2 bridgehead atoms. The molecule has 24 heavy (non-hydrogen) atoms. The van der Waals surface area contributed by atoms with Gasteiger partial charge in [0.15, 0.2) is 0 Å². The molecule has 0 unspecified atom stereocenters. The standard InChI is InChI=1S/C20H32O4/c1-11-8-20-9-12(11)4-5-13(20)19(3)14(6-17(20)24)18(2,10-21)15(22)7-16(19)23/h12-17,21-24H,1,4-10H2,2-3H3/t12-,13-,14+,15+,16-,17-,18-,19-,20+/m0/s1. The molecule has 4 saturated carbocycles. The molecule has 0 radical (unpaired) electrons. The highest BCUT2D eigenvalue weighted by Crippen LogP contribution is 2.71. The quantitative estimate of drug-likeness (QED) is 0.551. The van der Waals surface area contributed by atoms with Gasteiger partial charge in [0, 0.05) is 22.7 Å². The third kappa shape index (κ3) is 1.78. The Kier molecular flexibility index (Phi) is 3.59. The highest BCUT2D eigenvalue weighted by Gasteiger charge is 2.70. The monoisotopic (exact) mass is 336 g/mol. The molecule has 0 aromatic carbocycles. The first kappa shape index (κ1) is 17.0. The van der Waals surface area contributed by atoms with Crippen LogP contribution in [0, 0.1) is 34.0 Å². The summed E-state index contributed by atoms with van der Waals surface area (Å²) < 4.78 is 0. The number of allylic oxidation sites excluding steroid dienone is 1. The number of rotatable bonds is 1. The van der Waals surface area contributed by atoms with Gasteiger partial charge < -0.3 is 20.4 Å². The molecule has 0 aromatic rings. The first-order valence-electron chi connectivity index (χ1n) is 9.53. The van der Waals surface area contributed by atoms with E-state index in [9.17, 15) is 20.4 Å². The molecular weight excluding hydrogens is 304 g/mol. The van der Waals surface area contributed by atoms with E-state index in [-0.39, 0.29) is 29.3 Å². The van der Waals surface area contributed by atoms with Crippen molar-refractivity contribution < 1.29 is 20.4 Å². The molecule has 0 heterocycles. The fourth-order valence-electron chi connectivity index (χ4n) is 7.47. The second-order valence-corrected chi connectivity index (χ2v) is 9.70. The van der Waals surface area contributed by atoms with Gasteiger partial charge >= 0.3 is 0 Å². The SMILES string of the molecule is C=C1C[C@@]23C[C@@H]1CC[C@H]2[C@@]1(C)[C@H](C[C@@H]3O)[C@](C)(CO)[C@H](O)C[C@@H]1O. The molecule has 136 valence electrons. The van der Waals surface area contributed by atoms with E-state index >= 15 is 0 Å². The smallest absolute Gasteiger partial charge is 0.0643 e. The molecule has 4 fully saturated rings. The summed E-state index contributed by atoms with van der Waals surface area (Å²) in [6.45, 7) is 8.24. The molecule has 4 aliphatic rings. The Morgan fingerprint density at radius 2 is 1.71 bits per heavy atom. The number of hydrogen-bond donors (Lipinski definition) is 4. The molecule has 4 nitrogen and oxygen atoms in total. The normalized spacial score (nSPS) is 59.8. The fourth-order valence-corrected chi connectivity index (χ4v) is 7.47. The maximum Gasteiger partial charge on any atom is 0.0643 e. The highest BCUT2D eigenvalue weighted by molar-refractivity contribution is 5.25. The zero-order valence-corrected chi connectivity index (χ0v) is 14.9. The molecule has 4 rings (SSSR count). The summed E-state index contributed by atoms with van der Waals surface area (Å²) in [5.41, 5.74) is 0.0771. The zero-order valence-electron chi connectivity index (χ0n) is 14.9. The Morgan fingerprint density at radius 1 is 1.00 bits per heavy atom. The average Bonchev–Trinajstić information content (AvgIpc) is 2.80. The van der Waals surface area contributed by atoms with Crippen LogP contribution in [-0.4, -0.2) is 45.3 Å². The van der Waals surface area contributed by atoms with Crippen molar-refractivity contribution in [2.45, 2.75) is 70.7 Å². The van der Waals surface area contributed by atoms with Crippen LogP contribution in [0.3, 0.4) is 0 Å². The molecular formula is C20H32O4. The number of aliphatic hydroxyl groups excluding tert-OH is 4. The fraction of sp³-hybridized carbons (Fsp3) is 0.900. The summed E-state index contributed by atoms with van der Waals surface area (Å²) in [7, 11) is 0. The van der Waals surface area contributed by atoms with Crippen molar-refractivity contribution in [3.63, 3.8) is 0 Å². The van der Waals surface area contributed by atoms with Gasteiger partial charge in [0.1, 0.15) is 0 Å². The third-order valence-corrected chi connectivity index (χ3v) is 8.94. The van der Waals surface area contributed by atoms with Crippen LogP contribution >= 0.6 is 0 Å². The minimum atomic E-state index is -0.730. The minimum absolute atomic E-state index is 0.0789. The van der Waals surface area contributed by atoms with Crippen LogP contribution in [0.1, 0.15) is 52.4 Å². The van der Waals surface area contributed by atoms with Crippen LogP contribution in [0.2, 0.25) is 0 Å². The third-order valence-electron chi connectivity index (χ3n) is 8.94. The van der Waals surface area contributed by atoms with Gasteiger partial charge in [-0.25, -0.2) is 0 Å². The van der Waals surface area contributed by atoms with Crippen molar-refractivity contribution in [1.82, 2.24) is 0 Å². The lowest BCUT2D eigenvalue weighted by molar-refractivity contribution is -0.265. The van der Waals surface area contributed by atoms with Gasteiger partial charge in [-0.15, -0.1) is 0 Å². The zero-order chi connectivity index (χ0) is 17.5. The van der Waals surface area contributed by atoms with E-state index in [2.05, 4.69) is 13.5 Å². The van der Waals surface area contributed by atoms with Gasteiger partial charge in [0.05, 0.1) is 24.9 Å². The Hall–Kier alpha value is -0.420. The van der Waals surface area contributed by atoms with Gasteiger partial charge in [0.25, 0.3) is 0 Å². The van der Waals surface area contributed by atoms with E-state index in [4.69, 9.17) is 0 Å². The van der Waals surface area contributed by atoms with Crippen LogP contribution < -0.4 is 0 Å². The summed E-state index contributed by atoms with van der Waals surface area (Å²) in [5, 5.41) is 42.9. The van der Waals surface area contributed by atoms with Crippen molar-refractivity contribution in [1.29, 1.82) is 0 Å². The topological polar surface area (TPSA) is 80.9 Å². The first-order chi connectivity index (χ1) is 11.2. The molecule has 0 aromatic heterocycles. The van der Waals surface area contributed by atoms with E-state index in [0.29, 0.717) is 18.8 Å². The summed E-state index contributed by atoms with van der Waals surface area (Å²) in [5.74, 6) is 0.666. The molecule has 0 saturated heterocycles. The average molecular weight is 336 g/mol. The van der Waals surface area contributed by atoms with Gasteiger partial charge in [0.2, 0.25) is 0 Å². The van der Waals surface area contributed by atoms with Gasteiger partial charge in [-0.05, 0) is 49.9 Å². The Morgan fingerprint density at radius 3 is 2.38 bits per heavy atom. The largest absolute Gasteiger partial charge is 0.396 e. The van der Waals surface area contributed by atoms with Gasteiger partial charge in [-0.2, -0.15) is 0 Å². The van der Waals surface area contributed by atoms with Gasteiger partial charge in [-0.3, -0.25) is 0 Å². The molecule has 1 spiro atoms. The lowest BCUT2D eigenvalue weighted by Crippen LogP contribution is -2.69. The second-order valence-electron chi connectivity index (χ2n) is 9.70. The van der Waals surface area contributed by atoms with Crippen LogP contribution in [0.5, 0.6) is 0 Å². The molecule has 9 atom stereocenters. The van der Waals surface area contributed by atoms with Crippen LogP contribution in [-0.2, 0) is 0 Å². The number of fused-ring (bicyclic) bond motifs is 3. The summed E-state index contributed by atoms with van der Waals surface area (Å²) in [6.07, 6.45) is 3.07.